The number of halogens is 3. The van der Waals surface area contributed by atoms with Gasteiger partial charge in [0.15, 0.2) is 6.61 Å². The van der Waals surface area contributed by atoms with Crippen LogP contribution in [0.2, 0.25) is 0 Å². The number of benzene rings is 1. The van der Waals surface area contributed by atoms with E-state index in [-0.39, 0.29) is 11.8 Å². The van der Waals surface area contributed by atoms with Gasteiger partial charge in [0.05, 0.1) is 11.9 Å². The summed E-state index contributed by atoms with van der Waals surface area (Å²) < 4.78 is 40.8. The van der Waals surface area contributed by atoms with Crippen LogP contribution in [-0.4, -0.2) is 36.1 Å². The number of amides is 2. The first-order valence-electron chi connectivity index (χ1n) is 8.19. The molecule has 0 saturated carbocycles. The third-order valence-electron chi connectivity index (χ3n) is 3.89. The molecule has 0 radical (unpaired) electrons. The van der Waals surface area contributed by atoms with Gasteiger partial charge >= 0.3 is 6.18 Å². The molecule has 1 fully saturated rings. The number of rotatable bonds is 5. The summed E-state index contributed by atoms with van der Waals surface area (Å²) in [4.78, 5) is 29.4. The lowest BCUT2D eigenvalue weighted by atomic mass is 10.2. The molecular weight excluding hydrogens is 363 g/mol. The molecule has 2 heterocycles. The van der Waals surface area contributed by atoms with Crippen LogP contribution in [0, 0.1) is 0 Å². The summed E-state index contributed by atoms with van der Waals surface area (Å²) in [5.41, 5.74) is 1.43. The van der Waals surface area contributed by atoms with Gasteiger partial charge in [-0.1, -0.05) is 0 Å². The Morgan fingerprint density at radius 1 is 1.19 bits per heavy atom. The molecule has 9 heteroatoms. The van der Waals surface area contributed by atoms with Gasteiger partial charge in [-0.25, -0.2) is 4.98 Å². The first-order chi connectivity index (χ1) is 12.8. The van der Waals surface area contributed by atoms with Gasteiger partial charge in [-0.15, -0.1) is 0 Å². The molecule has 27 heavy (non-hydrogen) atoms. The van der Waals surface area contributed by atoms with E-state index >= 15 is 0 Å². The van der Waals surface area contributed by atoms with Crippen LogP contribution in [0.5, 0.6) is 5.88 Å². The van der Waals surface area contributed by atoms with Crippen molar-refractivity contribution in [3.63, 3.8) is 0 Å². The monoisotopic (exact) mass is 379 g/mol. The highest BCUT2D eigenvalue weighted by Crippen LogP contribution is 2.22. The van der Waals surface area contributed by atoms with Crippen LogP contribution < -0.4 is 15.0 Å². The number of hydrogen-bond acceptors (Lipinski definition) is 4. The standard InChI is InChI=1S/C18H16F3N3O3/c19-18(20,21)11-27-15-8-5-13(10-22-15)23-17(26)12-3-6-14(7-4-12)24-9-1-2-16(24)25/h3-8,10H,1-2,9,11H2,(H,23,26). The third kappa shape index (κ3) is 4.96. The van der Waals surface area contributed by atoms with E-state index in [1.165, 1.54) is 18.3 Å². The Bertz CT molecular complexity index is 820. The molecule has 1 N–H and O–H groups in total. The lowest BCUT2D eigenvalue weighted by molar-refractivity contribution is -0.154. The number of hydrogen-bond donors (Lipinski definition) is 1. The Kier molecular flexibility index (Phi) is 5.29. The average molecular weight is 379 g/mol. The number of aromatic nitrogens is 1. The molecule has 1 aromatic carbocycles. The van der Waals surface area contributed by atoms with Crippen molar-refractivity contribution in [1.82, 2.24) is 4.98 Å². The predicted molar refractivity (Wildman–Crippen MR) is 91.8 cm³/mol. The number of pyridine rings is 1. The molecule has 1 aliphatic heterocycles. The van der Waals surface area contributed by atoms with Crippen LogP contribution in [-0.2, 0) is 4.79 Å². The molecule has 0 atom stereocenters. The van der Waals surface area contributed by atoms with Crippen molar-refractivity contribution in [2.24, 2.45) is 0 Å². The summed E-state index contributed by atoms with van der Waals surface area (Å²) in [5.74, 6) is -0.531. The molecule has 0 unspecified atom stereocenters. The van der Waals surface area contributed by atoms with Gasteiger partial charge in [-0.2, -0.15) is 13.2 Å². The molecule has 0 aliphatic carbocycles. The quantitative estimate of drug-likeness (QED) is 0.864. The first kappa shape index (κ1) is 18.7. The first-order valence-corrected chi connectivity index (χ1v) is 8.19. The highest BCUT2D eigenvalue weighted by atomic mass is 19.4. The van der Waals surface area contributed by atoms with E-state index in [1.807, 2.05) is 0 Å². The van der Waals surface area contributed by atoms with Gasteiger partial charge < -0.3 is 15.0 Å². The Hall–Kier alpha value is -3.10. The smallest absolute Gasteiger partial charge is 0.422 e. The number of alkyl halides is 3. The fraction of sp³-hybridized carbons (Fsp3) is 0.278. The van der Waals surface area contributed by atoms with Crippen molar-refractivity contribution >= 4 is 23.2 Å². The minimum Gasteiger partial charge on any atom is -0.468 e. The van der Waals surface area contributed by atoms with E-state index in [9.17, 15) is 22.8 Å². The molecule has 1 aliphatic rings. The van der Waals surface area contributed by atoms with Crippen molar-refractivity contribution in [3.8, 4) is 5.88 Å². The van der Waals surface area contributed by atoms with Gasteiger partial charge in [0, 0.05) is 30.3 Å². The van der Waals surface area contributed by atoms with Gasteiger partial charge in [-0.05, 0) is 36.8 Å². The van der Waals surface area contributed by atoms with E-state index < -0.39 is 18.7 Å². The molecule has 2 aromatic rings. The number of anilines is 2. The molecule has 2 amide bonds. The zero-order valence-corrected chi connectivity index (χ0v) is 14.1. The number of nitrogens with one attached hydrogen (secondary N) is 1. The van der Waals surface area contributed by atoms with Gasteiger partial charge in [-0.3, -0.25) is 9.59 Å². The summed E-state index contributed by atoms with van der Waals surface area (Å²) in [6, 6.07) is 9.24. The van der Waals surface area contributed by atoms with Crippen LogP contribution in [0.4, 0.5) is 24.5 Å². The molecule has 142 valence electrons. The average Bonchev–Trinajstić information content (AvgIpc) is 3.06. The minimum absolute atomic E-state index is 0.0612. The lowest BCUT2D eigenvalue weighted by Crippen LogP contribution is -2.23. The fourth-order valence-electron chi connectivity index (χ4n) is 2.61. The Labute approximate surface area is 152 Å². The van der Waals surface area contributed by atoms with Crippen molar-refractivity contribution < 1.29 is 27.5 Å². The summed E-state index contributed by atoms with van der Waals surface area (Å²) in [5, 5.41) is 2.60. The minimum atomic E-state index is -4.44. The van der Waals surface area contributed by atoms with E-state index in [4.69, 9.17) is 0 Å². The summed E-state index contributed by atoms with van der Waals surface area (Å²) >= 11 is 0. The van der Waals surface area contributed by atoms with Crippen molar-refractivity contribution in [2.75, 3.05) is 23.4 Å². The molecule has 6 nitrogen and oxygen atoms in total. The van der Waals surface area contributed by atoms with E-state index in [0.29, 0.717) is 24.2 Å². The topological polar surface area (TPSA) is 71.5 Å². The van der Waals surface area contributed by atoms with Crippen LogP contribution in [0.3, 0.4) is 0 Å². The third-order valence-corrected chi connectivity index (χ3v) is 3.89. The fourth-order valence-corrected chi connectivity index (χ4v) is 2.61. The molecule has 0 spiro atoms. The van der Waals surface area contributed by atoms with Crippen LogP contribution in [0.1, 0.15) is 23.2 Å². The SMILES string of the molecule is O=C(Nc1ccc(OCC(F)(F)F)nc1)c1ccc(N2CCCC2=O)cc1. The molecule has 3 rings (SSSR count). The van der Waals surface area contributed by atoms with Crippen molar-refractivity contribution in [3.05, 3.63) is 48.2 Å². The number of nitrogens with zero attached hydrogens (tertiary/aromatic N) is 2. The lowest BCUT2D eigenvalue weighted by Gasteiger charge is -2.15. The maximum absolute atomic E-state index is 12.3. The highest BCUT2D eigenvalue weighted by Gasteiger charge is 2.28. The number of ether oxygens (including phenoxy) is 1. The van der Waals surface area contributed by atoms with Crippen LogP contribution in [0.15, 0.2) is 42.6 Å². The van der Waals surface area contributed by atoms with Crippen LogP contribution >= 0.6 is 0 Å². The second kappa shape index (κ2) is 7.65. The van der Waals surface area contributed by atoms with E-state index in [0.717, 1.165) is 12.1 Å². The van der Waals surface area contributed by atoms with Gasteiger partial charge in [0.1, 0.15) is 0 Å². The molecular formula is C18H16F3N3O3. The maximum Gasteiger partial charge on any atom is 0.422 e. The van der Waals surface area contributed by atoms with Crippen molar-refractivity contribution in [2.45, 2.75) is 19.0 Å². The van der Waals surface area contributed by atoms with Gasteiger partial charge in [0.2, 0.25) is 11.8 Å². The maximum atomic E-state index is 12.3. The Morgan fingerprint density at radius 3 is 2.48 bits per heavy atom. The Balaban J connectivity index is 1.59. The van der Waals surface area contributed by atoms with Crippen LogP contribution in [0.25, 0.3) is 0 Å². The van der Waals surface area contributed by atoms with E-state index in [2.05, 4.69) is 15.0 Å². The number of carbonyl (C=O) groups is 2. The predicted octanol–water partition coefficient (Wildman–Crippen LogP) is 3.40. The summed E-state index contributed by atoms with van der Waals surface area (Å²) in [6.45, 7) is -0.767. The highest BCUT2D eigenvalue weighted by molar-refractivity contribution is 6.04. The van der Waals surface area contributed by atoms with Crippen molar-refractivity contribution in [1.29, 1.82) is 0 Å². The Morgan fingerprint density at radius 2 is 1.93 bits per heavy atom. The zero-order valence-electron chi connectivity index (χ0n) is 14.1. The summed E-state index contributed by atoms with van der Waals surface area (Å²) in [6.07, 6.45) is -1.89. The summed E-state index contributed by atoms with van der Waals surface area (Å²) in [7, 11) is 0. The van der Waals surface area contributed by atoms with Gasteiger partial charge in [0.25, 0.3) is 5.91 Å². The number of carbonyl (C=O) groups excluding carboxylic acids is 2. The normalized spacial score (nSPS) is 14.3. The molecule has 1 aromatic heterocycles. The molecule has 0 bridgehead atoms. The second-order valence-corrected chi connectivity index (χ2v) is 5.94. The second-order valence-electron chi connectivity index (χ2n) is 5.94. The molecule has 1 saturated heterocycles. The zero-order chi connectivity index (χ0) is 19.4. The van der Waals surface area contributed by atoms with E-state index in [1.54, 1.807) is 29.2 Å². The largest absolute Gasteiger partial charge is 0.468 e.